The number of alkyl carbamates (subject to hydrolysis) is 1. The monoisotopic (exact) mass is 257 g/mol. The molecule has 1 aromatic rings. The first-order valence-electron chi connectivity index (χ1n) is 5.39. The minimum atomic E-state index is -0.376. The Hall–Kier alpha value is -1.26. The number of amides is 1. The highest BCUT2D eigenvalue weighted by Gasteiger charge is 2.18. The third-order valence-corrected chi connectivity index (χ3v) is 2.46. The lowest BCUT2D eigenvalue weighted by Crippen LogP contribution is -2.35. The number of halogens is 1. The molecule has 2 rings (SSSR count). The van der Waals surface area contributed by atoms with E-state index in [0.717, 1.165) is 12.0 Å². The van der Waals surface area contributed by atoms with Crippen molar-refractivity contribution >= 4 is 18.5 Å². The second kappa shape index (κ2) is 7.14. The lowest BCUT2D eigenvalue weighted by Gasteiger charge is -2.10. The van der Waals surface area contributed by atoms with E-state index in [0.29, 0.717) is 19.8 Å². The van der Waals surface area contributed by atoms with Gasteiger partial charge in [0.2, 0.25) is 0 Å². The first kappa shape index (κ1) is 13.8. The highest BCUT2D eigenvalue weighted by Crippen LogP contribution is 2.04. The van der Waals surface area contributed by atoms with E-state index in [-0.39, 0.29) is 24.5 Å². The highest BCUT2D eigenvalue weighted by atomic mass is 35.5. The van der Waals surface area contributed by atoms with Crippen molar-refractivity contribution in [3.05, 3.63) is 35.9 Å². The molecular weight excluding hydrogens is 242 g/mol. The maximum absolute atomic E-state index is 11.4. The molecule has 1 fully saturated rings. The molecular formula is C12H16ClNO3. The molecule has 17 heavy (non-hydrogen) atoms. The Morgan fingerprint density at radius 2 is 2.18 bits per heavy atom. The van der Waals surface area contributed by atoms with Crippen molar-refractivity contribution in [1.82, 2.24) is 5.32 Å². The summed E-state index contributed by atoms with van der Waals surface area (Å²) in [5.74, 6) is 0. The Morgan fingerprint density at radius 1 is 1.41 bits per heavy atom. The van der Waals surface area contributed by atoms with Crippen LogP contribution in [0.3, 0.4) is 0 Å². The number of carbonyl (C=O) groups excluding carboxylic acids is 1. The van der Waals surface area contributed by atoms with Gasteiger partial charge in [-0.3, -0.25) is 0 Å². The van der Waals surface area contributed by atoms with Gasteiger partial charge in [-0.1, -0.05) is 30.3 Å². The summed E-state index contributed by atoms with van der Waals surface area (Å²) in [6, 6.07) is 9.71. The van der Waals surface area contributed by atoms with E-state index in [2.05, 4.69) is 5.32 Å². The third kappa shape index (κ3) is 4.63. The van der Waals surface area contributed by atoms with E-state index in [4.69, 9.17) is 9.47 Å². The molecule has 94 valence electrons. The Labute approximate surface area is 107 Å². The summed E-state index contributed by atoms with van der Waals surface area (Å²) in [6.45, 7) is 1.60. The molecule has 0 spiro atoms. The summed E-state index contributed by atoms with van der Waals surface area (Å²) in [5.41, 5.74) is 0.986. The predicted molar refractivity (Wildman–Crippen MR) is 66.2 cm³/mol. The highest BCUT2D eigenvalue weighted by molar-refractivity contribution is 5.85. The van der Waals surface area contributed by atoms with Crippen molar-refractivity contribution in [3.8, 4) is 0 Å². The van der Waals surface area contributed by atoms with Crippen LogP contribution in [-0.2, 0) is 16.1 Å². The van der Waals surface area contributed by atoms with Gasteiger partial charge in [-0.2, -0.15) is 0 Å². The zero-order valence-corrected chi connectivity index (χ0v) is 10.2. The number of ether oxygens (including phenoxy) is 2. The summed E-state index contributed by atoms with van der Waals surface area (Å²) in [4.78, 5) is 11.4. The van der Waals surface area contributed by atoms with Gasteiger partial charge in [0, 0.05) is 6.61 Å². The number of hydrogen-bond acceptors (Lipinski definition) is 3. The van der Waals surface area contributed by atoms with Gasteiger partial charge < -0.3 is 14.8 Å². The second-order valence-electron chi connectivity index (χ2n) is 3.77. The van der Waals surface area contributed by atoms with Crippen molar-refractivity contribution in [2.45, 2.75) is 19.1 Å². The molecule has 1 amide bonds. The molecule has 1 unspecified atom stereocenters. The minimum Gasteiger partial charge on any atom is -0.445 e. The molecule has 0 saturated carbocycles. The van der Waals surface area contributed by atoms with E-state index in [1.54, 1.807) is 0 Å². The molecule has 0 radical (unpaired) electrons. The first-order valence-corrected chi connectivity index (χ1v) is 5.39. The summed E-state index contributed by atoms with van der Waals surface area (Å²) >= 11 is 0. The minimum absolute atomic E-state index is 0. The largest absolute Gasteiger partial charge is 0.445 e. The third-order valence-electron chi connectivity index (χ3n) is 2.46. The summed E-state index contributed by atoms with van der Waals surface area (Å²) in [7, 11) is 0. The topological polar surface area (TPSA) is 47.6 Å². The van der Waals surface area contributed by atoms with Crippen molar-refractivity contribution in [2.24, 2.45) is 0 Å². The fourth-order valence-electron chi connectivity index (χ4n) is 1.58. The smallest absolute Gasteiger partial charge is 0.407 e. The number of carbonyl (C=O) groups is 1. The predicted octanol–water partition coefficient (Wildman–Crippen LogP) is 2.12. The molecule has 1 aromatic carbocycles. The molecule has 1 N–H and O–H groups in total. The molecule has 5 heteroatoms. The standard InChI is InChI=1S/C12H15NO3.ClH/c14-12(13-11-6-7-15-9-11)16-8-10-4-2-1-3-5-10;/h1-5,11H,6-9H2,(H,13,14);1H. The van der Waals surface area contributed by atoms with Gasteiger partial charge in [-0.25, -0.2) is 4.79 Å². The normalized spacial score (nSPS) is 18.2. The van der Waals surface area contributed by atoms with Crippen molar-refractivity contribution < 1.29 is 14.3 Å². The van der Waals surface area contributed by atoms with Crippen LogP contribution in [0.1, 0.15) is 12.0 Å². The van der Waals surface area contributed by atoms with Gasteiger partial charge in [-0.15, -0.1) is 12.4 Å². The molecule has 4 nitrogen and oxygen atoms in total. The van der Waals surface area contributed by atoms with E-state index in [9.17, 15) is 4.79 Å². The quantitative estimate of drug-likeness (QED) is 0.902. The van der Waals surface area contributed by atoms with Crippen LogP contribution < -0.4 is 5.32 Å². The molecule has 1 heterocycles. The van der Waals surface area contributed by atoms with E-state index in [1.807, 2.05) is 30.3 Å². The summed E-state index contributed by atoms with van der Waals surface area (Å²) in [6.07, 6.45) is 0.486. The van der Waals surface area contributed by atoms with E-state index >= 15 is 0 Å². The van der Waals surface area contributed by atoms with Crippen LogP contribution in [0, 0.1) is 0 Å². The fraction of sp³-hybridized carbons (Fsp3) is 0.417. The second-order valence-corrected chi connectivity index (χ2v) is 3.77. The molecule has 1 aliphatic rings. The van der Waals surface area contributed by atoms with Gasteiger partial charge in [0.05, 0.1) is 12.6 Å². The van der Waals surface area contributed by atoms with Gasteiger partial charge in [0.1, 0.15) is 6.61 Å². The summed E-state index contributed by atoms with van der Waals surface area (Å²) in [5, 5.41) is 2.76. The van der Waals surface area contributed by atoms with Gasteiger partial charge >= 0.3 is 6.09 Å². The fourth-order valence-corrected chi connectivity index (χ4v) is 1.58. The Bertz CT molecular complexity index is 339. The van der Waals surface area contributed by atoms with Gasteiger partial charge in [-0.05, 0) is 12.0 Å². The Balaban J connectivity index is 0.00000144. The summed E-state index contributed by atoms with van der Waals surface area (Å²) < 4.78 is 10.2. The molecule has 1 aliphatic heterocycles. The van der Waals surface area contributed by atoms with Gasteiger partial charge in [0.25, 0.3) is 0 Å². The van der Waals surface area contributed by atoms with Crippen molar-refractivity contribution in [2.75, 3.05) is 13.2 Å². The Kier molecular flexibility index (Phi) is 5.80. The number of rotatable bonds is 3. The zero-order valence-electron chi connectivity index (χ0n) is 9.43. The van der Waals surface area contributed by atoms with Crippen LogP contribution in [0.15, 0.2) is 30.3 Å². The number of nitrogens with one attached hydrogen (secondary N) is 1. The van der Waals surface area contributed by atoms with Crippen LogP contribution >= 0.6 is 12.4 Å². The Morgan fingerprint density at radius 3 is 2.82 bits per heavy atom. The van der Waals surface area contributed by atoms with Crippen LogP contribution in [0.5, 0.6) is 0 Å². The van der Waals surface area contributed by atoms with Crippen LogP contribution in [0.25, 0.3) is 0 Å². The first-order chi connectivity index (χ1) is 7.84. The zero-order chi connectivity index (χ0) is 11.2. The van der Waals surface area contributed by atoms with E-state index < -0.39 is 0 Å². The van der Waals surface area contributed by atoms with Gasteiger partial charge in [0.15, 0.2) is 0 Å². The number of benzene rings is 1. The average Bonchev–Trinajstić information content (AvgIpc) is 2.81. The van der Waals surface area contributed by atoms with Crippen molar-refractivity contribution in [1.29, 1.82) is 0 Å². The maximum atomic E-state index is 11.4. The molecule has 0 aliphatic carbocycles. The van der Waals surface area contributed by atoms with Crippen LogP contribution in [-0.4, -0.2) is 25.3 Å². The van der Waals surface area contributed by atoms with E-state index in [1.165, 1.54) is 0 Å². The number of hydrogen-bond donors (Lipinski definition) is 1. The average molecular weight is 258 g/mol. The SMILES string of the molecule is Cl.O=C(NC1CCOC1)OCc1ccccc1. The van der Waals surface area contributed by atoms with Crippen LogP contribution in [0.2, 0.25) is 0 Å². The molecule has 0 bridgehead atoms. The lowest BCUT2D eigenvalue weighted by atomic mass is 10.2. The molecule has 0 aromatic heterocycles. The van der Waals surface area contributed by atoms with Crippen LogP contribution in [0.4, 0.5) is 4.79 Å². The van der Waals surface area contributed by atoms with Crippen molar-refractivity contribution in [3.63, 3.8) is 0 Å². The molecule has 1 saturated heterocycles. The molecule has 1 atom stereocenters. The maximum Gasteiger partial charge on any atom is 0.407 e. The lowest BCUT2D eigenvalue weighted by molar-refractivity contribution is 0.132.